The van der Waals surface area contributed by atoms with E-state index in [2.05, 4.69) is 16.4 Å². The third-order valence-electron chi connectivity index (χ3n) is 4.17. The van der Waals surface area contributed by atoms with Gasteiger partial charge in [-0.05, 0) is 31.9 Å². The molecule has 1 aromatic heterocycles. The number of aromatic nitrogens is 1. The van der Waals surface area contributed by atoms with Crippen LogP contribution in [0.2, 0.25) is 5.02 Å². The van der Waals surface area contributed by atoms with Gasteiger partial charge in [0.05, 0.1) is 11.8 Å². The molecule has 0 aliphatic heterocycles. The van der Waals surface area contributed by atoms with Crippen LogP contribution in [0.4, 0.5) is 0 Å². The van der Waals surface area contributed by atoms with Gasteiger partial charge < -0.3 is 10.1 Å². The number of amides is 1. The fourth-order valence-corrected chi connectivity index (χ4v) is 3.30. The first-order valence-electron chi connectivity index (χ1n) is 8.29. The number of hydrogen-bond donors (Lipinski definition) is 1. The second-order valence-electron chi connectivity index (χ2n) is 6.54. The summed E-state index contributed by atoms with van der Waals surface area (Å²) >= 11 is 7.17. The SMILES string of the molecule is Cc1nc(-c2cccc(Cl)c2)sc1C(=O)OCC(=O)N[C@](C)(C#N)C(C)C. The Morgan fingerprint density at radius 1 is 1.44 bits per heavy atom. The second-order valence-corrected chi connectivity index (χ2v) is 7.97. The van der Waals surface area contributed by atoms with Gasteiger partial charge in [0.15, 0.2) is 6.61 Å². The summed E-state index contributed by atoms with van der Waals surface area (Å²) in [5, 5.41) is 13.1. The number of carbonyl (C=O) groups excluding carboxylic acids is 2. The van der Waals surface area contributed by atoms with Gasteiger partial charge in [-0.3, -0.25) is 4.79 Å². The van der Waals surface area contributed by atoms with Gasteiger partial charge in [0.25, 0.3) is 5.91 Å². The predicted octanol–water partition coefficient (Wildman–Crippen LogP) is 3.98. The zero-order valence-electron chi connectivity index (χ0n) is 15.5. The average molecular weight is 406 g/mol. The topological polar surface area (TPSA) is 92.1 Å². The van der Waals surface area contributed by atoms with Crippen LogP contribution in [0.1, 0.15) is 36.1 Å². The molecule has 142 valence electrons. The van der Waals surface area contributed by atoms with Gasteiger partial charge in [-0.2, -0.15) is 5.26 Å². The van der Waals surface area contributed by atoms with Crippen molar-refractivity contribution in [2.24, 2.45) is 5.92 Å². The molecule has 0 saturated carbocycles. The molecule has 0 bridgehead atoms. The highest BCUT2D eigenvalue weighted by molar-refractivity contribution is 7.17. The quantitative estimate of drug-likeness (QED) is 0.733. The van der Waals surface area contributed by atoms with E-state index in [-0.39, 0.29) is 5.92 Å². The summed E-state index contributed by atoms with van der Waals surface area (Å²) in [4.78, 5) is 29.1. The van der Waals surface area contributed by atoms with Crippen molar-refractivity contribution in [1.29, 1.82) is 5.26 Å². The van der Waals surface area contributed by atoms with Crippen LogP contribution in [0.15, 0.2) is 24.3 Å². The number of nitrogens with one attached hydrogen (secondary N) is 1. The van der Waals surface area contributed by atoms with Crippen molar-refractivity contribution in [2.45, 2.75) is 33.2 Å². The van der Waals surface area contributed by atoms with E-state index < -0.39 is 24.0 Å². The zero-order chi connectivity index (χ0) is 20.2. The molecule has 1 N–H and O–H groups in total. The van der Waals surface area contributed by atoms with Crippen molar-refractivity contribution in [3.05, 3.63) is 39.9 Å². The molecule has 2 aromatic rings. The number of nitriles is 1. The fourth-order valence-electron chi connectivity index (χ4n) is 2.15. The predicted molar refractivity (Wildman–Crippen MR) is 105 cm³/mol. The highest BCUT2D eigenvalue weighted by Gasteiger charge is 2.30. The number of aryl methyl sites for hydroxylation is 1. The number of nitrogens with zero attached hydrogens (tertiary/aromatic N) is 2. The lowest BCUT2D eigenvalue weighted by Gasteiger charge is -2.27. The van der Waals surface area contributed by atoms with Crippen LogP contribution in [0.3, 0.4) is 0 Å². The molecule has 8 heteroatoms. The number of halogens is 1. The summed E-state index contributed by atoms with van der Waals surface area (Å²) in [5.41, 5.74) is 0.294. The van der Waals surface area contributed by atoms with E-state index in [0.717, 1.165) is 5.56 Å². The summed E-state index contributed by atoms with van der Waals surface area (Å²) in [5.74, 6) is -1.25. The van der Waals surface area contributed by atoms with Gasteiger partial charge in [-0.25, -0.2) is 9.78 Å². The molecular weight excluding hydrogens is 386 g/mol. The van der Waals surface area contributed by atoms with Gasteiger partial charge in [0, 0.05) is 10.6 Å². The Morgan fingerprint density at radius 2 is 2.15 bits per heavy atom. The third-order valence-corrected chi connectivity index (χ3v) is 5.60. The lowest BCUT2D eigenvalue weighted by Crippen LogP contribution is -2.50. The summed E-state index contributed by atoms with van der Waals surface area (Å²) in [6.07, 6.45) is 0. The van der Waals surface area contributed by atoms with Crippen molar-refractivity contribution in [3.8, 4) is 16.6 Å². The summed E-state index contributed by atoms with van der Waals surface area (Å²) in [6.45, 7) is 6.52. The van der Waals surface area contributed by atoms with Crippen molar-refractivity contribution in [3.63, 3.8) is 0 Å². The Balaban J connectivity index is 2.05. The molecule has 1 amide bonds. The normalized spacial score (nSPS) is 12.9. The van der Waals surface area contributed by atoms with E-state index in [9.17, 15) is 14.9 Å². The standard InChI is InChI=1S/C19H20ClN3O3S/c1-11(2)19(4,10-21)23-15(24)9-26-18(25)16-12(3)22-17(27-16)13-6-5-7-14(20)8-13/h5-8,11H,9H2,1-4H3,(H,23,24)/t19-/m1/s1. The molecule has 1 atom stereocenters. The minimum absolute atomic E-state index is 0.0915. The van der Waals surface area contributed by atoms with Crippen LogP contribution >= 0.6 is 22.9 Å². The minimum atomic E-state index is -1.02. The number of carbonyl (C=O) groups is 2. The molecular formula is C19H20ClN3O3S. The molecule has 1 aromatic carbocycles. The largest absolute Gasteiger partial charge is 0.451 e. The number of ether oxygens (including phenoxy) is 1. The molecule has 6 nitrogen and oxygen atoms in total. The van der Waals surface area contributed by atoms with Gasteiger partial charge in [0.2, 0.25) is 0 Å². The Labute approximate surface area is 167 Å². The van der Waals surface area contributed by atoms with Crippen LogP contribution in [-0.4, -0.2) is 29.0 Å². The Bertz CT molecular complexity index is 904. The van der Waals surface area contributed by atoms with E-state index >= 15 is 0 Å². The van der Waals surface area contributed by atoms with E-state index in [1.54, 1.807) is 32.0 Å². The van der Waals surface area contributed by atoms with Crippen LogP contribution in [-0.2, 0) is 9.53 Å². The number of hydrogen-bond acceptors (Lipinski definition) is 6. The number of benzene rings is 1. The van der Waals surface area contributed by atoms with E-state index in [4.69, 9.17) is 16.3 Å². The van der Waals surface area contributed by atoms with Crippen LogP contribution in [0.5, 0.6) is 0 Å². The number of esters is 1. The summed E-state index contributed by atoms with van der Waals surface area (Å²) in [7, 11) is 0. The van der Waals surface area contributed by atoms with E-state index in [0.29, 0.717) is 20.6 Å². The van der Waals surface area contributed by atoms with Crippen molar-refractivity contribution < 1.29 is 14.3 Å². The lowest BCUT2D eigenvalue weighted by atomic mass is 9.90. The maximum atomic E-state index is 12.3. The smallest absolute Gasteiger partial charge is 0.350 e. The highest BCUT2D eigenvalue weighted by Crippen LogP contribution is 2.29. The molecule has 0 fully saturated rings. The molecule has 27 heavy (non-hydrogen) atoms. The Kier molecular flexibility index (Phi) is 6.58. The second kappa shape index (κ2) is 8.51. The van der Waals surface area contributed by atoms with Crippen LogP contribution in [0, 0.1) is 24.2 Å². The lowest BCUT2D eigenvalue weighted by molar-refractivity contribution is -0.125. The third kappa shape index (κ3) is 5.06. The van der Waals surface area contributed by atoms with Crippen LogP contribution in [0.25, 0.3) is 10.6 Å². The van der Waals surface area contributed by atoms with E-state index in [1.807, 2.05) is 19.9 Å². The van der Waals surface area contributed by atoms with Gasteiger partial charge in [-0.15, -0.1) is 11.3 Å². The average Bonchev–Trinajstić information content (AvgIpc) is 3.01. The van der Waals surface area contributed by atoms with Crippen LogP contribution < -0.4 is 5.32 Å². The Hall–Kier alpha value is -2.43. The van der Waals surface area contributed by atoms with Crippen molar-refractivity contribution in [1.82, 2.24) is 10.3 Å². The van der Waals surface area contributed by atoms with E-state index in [1.165, 1.54) is 11.3 Å². The molecule has 0 aliphatic rings. The Morgan fingerprint density at radius 3 is 2.74 bits per heavy atom. The zero-order valence-corrected chi connectivity index (χ0v) is 17.1. The molecule has 0 aliphatic carbocycles. The first-order valence-corrected chi connectivity index (χ1v) is 9.48. The fraction of sp³-hybridized carbons (Fsp3) is 0.368. The maximum Gasteiger partial charge on any atom is 0.350 e. The maximum absolute atomic E-state index is 12.3. The molecule has 0 radical (unpaired) electrons. The first-order chi connectivity index (χ1) is 12.7. The molecule has 0 spiro atoms. The molecule has 2 rings (SSSR count). The number of rotatable bonds is 6. The number of thiazole rings is 1. The van der Waals surface area contributed by atoms with Crippen molar-refractivity contribution >= 4 is 34.8 Å². The van der Waals surface area contributed by atoms with Crippen molar-refractivity contribution in [2.75, 3.05) is 6.61 Å². The van der Waals surface area contributed by atoms with Gasteiger partial charge in [0.1, 0.15) is 15.4 Å². The molecule has 0 unspecified atom stereocenters. The molecule has 1 heterocycles. The molecule has 0 saturated heterocycles. The monoisotopic (exact) mass is 405 g/mol. The minimum Gasteiger partial charge on any atom is -0.451 e. The van der Waals surface area contributed by atoms with Gasteiger partial charge in [-0.1, -0.05) is 37.6 Å². The summed E-state index contributed by atoms with van der Waals surface area (Å²) in [6, 6.07) is 9.24. The highest BCUT2D eigenvalue weighted by atomic mass is 35.5. The van der Waals surface area contributed by atoms with Gasteiger partial charge >= 0.3 is 5.97 Å². The first kappa shape index (κ1) is 20.9. The summed E-state index contributed by atoms with van der Waals surface area (Å²) < 4.78 is 5.10.